The minimum absolute atomic E-state index is 0.219. The van der Waals surface area contributed by atoms with Gasteiger partial charge in [0.05, 0.1) is 0 Å². The Balaban J connectivity index is 1.43. The molecular weight excluding hydrogens is 252 g/mol. The van der Waals surface area contributed by atoms with Crippen LogP contribution >= 0.6 is 0 Å². The molecule has 0 radical (unpaired) electrons. The van der Waals surface area contributed by atoms with Gasteiger partial charge in [-0.05, 0) is 43.4 Å². The minimum Gasteiger partial charge on any atom is -0.356 e. The third-order valence-corrected chi connectivity index (χ3v) is 5.27. The van der Waals surface area contributed by atoms with E-state index < -0.39 is 0 Å². The van der Waals surface area contributed by atoms with E-state index in [1.807, 2.05) is 4.90 Å². The van der Waals surface area contributed by atoms with Crippen LogP contribution in [0.1, 0.15) is 39.5 Å². The van der Waals surface area contributed by atoms with Crippen LogP contribution in [0.3, 0.4) is 0 Å². The SMILES string of the molecule is C[C@@H]1C[C@@H]1C(=O)NC[C@@H]1CCCN(C(=O)[C@@H]2C[C@@H]2C)C1. The van der Waals surface area contributed by atoms with Crippen LogP contribution in [0.2, 0.25) is 0 Å². The second-order valence-corrected chi connectivity index (χ2v) is 7.18. The molecule has 5 atom stereocenters. The van der Waals surface area contributed by atoms with Crippen LogP contribution in [0.4, 0.5) is 0 Å². The Hall–Kier alpha value is -1.06. The average Bonchev–Trinajstić information content (AvgIpc) is 3.34. The van der Waals surface area contributed by atoms with E-state index in [0.717, 1.165) is 45.3 Å². The van der Waals surface area contributed by atoms with Crippen molar-refractivity contribution < 1.29 is 9.59 Å². The second-order valence-electron chi connectivity index (χ2n) is 7.18. The van der Waals surface area contributed by atoms with Crippen LogP contribution in [0, 0.1) is 29.6 Å². The fourth-order valence-corrected chi connectivity index (χ4v) is 3.40. The summed E-state index contributed by atoms with van der Waals surface area (Å²) in [6, 6.07) is 0. The Bertz CT molecular complexity index is 409. The Kier molecular flexibility index (Phi) is 3.74. The van der Waals surface area contributed by atoms with E-state index in [2.05, 4.69) is 19.2 Å². The largest absolute Gasteiger partial charge is 0.356 e. The third-order valence-electron chi connectivity index (χ3n) is 5.27. The maximum Gasteiger partial charge on any atom is 0.225 e. The highest BCUT2D eigenvalue weighted by atomic mass is 16.2. The number of nitrogens with one attached hydrogen (secondary N) is 1. The van der Waals surface area contributed by atoms with Crippen molar-refractivity contribution >= 4 is 11.8 Å². The molecule has 0 aromatic rings. The van der Waals surface area contributed by atoms with Crippen molar-refractivity contribution in [1.29, 1.82) is 0 Å². The molecular formula is C16H26N2O2. The summed E-state index contributed by atoms with van der Waals surface area (Å²) >= 11 is 0. The van der Waals surface area contributed by atoms with Crippen molar-refractivity contribution in [3.8, 4) is 0 Å². The molecule has 3 aliphatic rings. The summed E-state index contributed by atoms with van der Waals surface area (Å²) in [5, 5.41) is 3.08. The summed E-state index contributed by atoms with van der Waals surface area (Å²) in [7, 11) is 0. The van der Waals surface area contributed by atoms with Gasteiger partial charge in [0, 0.05) is 31.5 Å². The van der Waals surface area contributed by atoms with E-state index in [-0.39, 0.29) is 17.7 Å². The van der Waals surface area contributed by atoms with Crippen LogP contribution in [-0.2, 0) is 9.59 Å². The molecule has 20 heavy (non-hydrogen) atoms. The monoisotopic (exact) mass is 278 g/mol. The maximum atomic E-state index is 12.3. The van der Waals surface area contributed by atoms with Crippen LogP contribution < -0.4 is 5.32 Å². The predicted molar refractivity (Wildman–Crippen MR) is 76.9 cm³/mol. The lowest BCUT2D eigenvalue weighted by Crippen LogP contribution is -2.44. The molecule has 2 saturated carbocycles. The number of carbonyl (C=O) groups excluding carboxylic acids is 2. The molecule has 1 N–H and O–H groups in total. The van der Waals surface area contributed by atoms with Gasteiger partial charge in [-0.1, -0.05) is 13.8 Å². The van der Waals surface area contributed by atoms with Crippen LogP contribution in [0.5, 0.6) is 0 Å². The maximum absolute atomic E-state index is 12.3. The van der Waals surface area contributed by atoms with E-state index in [1.54, 1.807) is 0 Å². The molecule has 3 fully saturated rings. The number of nitrogens with zero attached hydrogens (tertiary/aromatic N) is 1. The lowest BCUT2D eigenvalue weighted by Gasteiger charge is -2.33. The Morgan fingerprint density at radius 2 is 1.80 bits per heavy atom. The lowest BCUT2D eigenvalue weighted by atomic mass is 9.97. The molecule has 0 unspecified atom stereocenters. The van der Waals surface area contributed by atoms with Crippen molar-refractivity contribution in [2.45, 2.75) is 39.5 Å². The number of carbonyl (C=O) groups is 2. The smallest absolute Gasteiger partial charge is 0.225 e. The molecule has 3 rings (SSSR count). The molecule has 4 heteroatoms. The fourth-order valence-electron chi connectivity index (χ4n) is 3.40. The molecule has 0 aromatic heterocycles. The lowest BCUT2D eigenvalue weighted by molar-refractivity contribution is -0.134. The third kappa shape index (κ3) is 2.99. The van der Waals surface area contributed by atoms with Gasteiger partial charge in [-0.25, -0.2) is 0 Å². The van der Waals surface area contributed by atoms with E-state index in [0.29, 0.717) is 23.7 Å². The molecule has 1 saturated heterocycles. The van der Waals surface area contributed by atoms with Gasteiger partial charge in [-0.2, -0.15) is 0 Å². The first kappa shape index (κ1) is 13.9. The zero-order valence-electron chi connectivity index (χ0n) is 12.6. The van der Waals surface area contributed by atoms with Gasteiger partial charge in [-0.3, -0.25) is 9.59 Å². The molecule has 112 valence electrons. The molecule has 1 heterocycles. The first-order valence-corrected chi connectivity index (χ1v) is 8.12. The molecule has 1 aliphatic heterocycles. The number of hydrogen-bond acceptors (Lipinski definition) is 2. The minimum atomic E-state index is 0.219. The Morgan fingerprint density at radius 3 is 2.40 bits per heavy atom. The molecule has 2 aliphatic carbocycles. The standard InChI is InChI=1S/C16H26N2O2/c1-10-6-13(10)15(19)17-8-12-4-3-5-18(9-12)16(20)14-7-11(14)2/h10-14H,3-9H2,1-2H3,(H,17,19)/t10-,11+,12+,13+,14-/m1/s1. The van der Waals surface area contributed by atoms with Crippen molar-refractivity contribution in [2.75, 3.05) is 19.6 Å². The van der Waals surface area contributed by atoms with Crippen LogP contribution in [0.25, 0.3) is 0 Å². The van der Waals surface area contributed by atoms with Gasteiger partial charge in [0.15, 0.2) is 0 Å². The first-order valence-electron chi connectivity index (χ1n) is 8.12. The second kappa shape index (κ2) is 5.38. The molecule has 0 spiro atoms. The highest BCUT2D eigenvalue weighted by Gasteiger charge is 2.42. The highest BCUT2D eigenvalue weighted by molar-refractivity contribution is 5.82. The summed E-state index contributed by atoms with van der Waals surface area (Å²) in [6.45, 7) is 6.77. The van der Waals surface area contributed by atoms with Crippen LogP contribution in [-0.4, -0.2) is 36.3 Å². The average molecular weight is 278 g/mol. The fraction of sp³-hybridized carbons (Fsp3) is 0.875. The summed E-state index contributed by atoms with van der Waals surface area (Å²) in [5.41, 5.74) is 0. The van der Waals surface area contributed by atoms with Crippen molar-refractivity contribution in [2.24, 2.45) is 29.6 Å². The van der Waals surface area contributed by atoms with E-state index in [4.69, 9.17) is 0 Å². The highest BCUT2D eigenvalue weighted by Crippen LogP contribution is 2.40. The first-order chi connectivity index (χ1) is 9.56. The Labute approximate surface area is 121 Å². The topological polar surface area (TPSA) is 49.4 Å². The van der Waals surface area contributed by atoms with Gasteiger partial charge in [0.1, 0.15) is 0 Å². The molecule has 0 aromatic carbocycles. The van der Waals surface area contributed by atoms with Crippen molar-refractivity contribution in [3.63, 3.8) is 0 Å². The summed E-state index contributed by atoms with van der Waals surface area (Å²) in [5.74, 6) is 2.70. The van der Waals surface area contributed by atoms with Gasteiger partial charge < -0.3 is 10.2 Å². The summed E-state index contributed by atoms with van der Waals surface area (Å²) in [4.78, 5) is 26.1. The number of amides is 2. The van der Waals surface area contributed by atoms with Gasteiger partial charge in [0.2, 0.25) is 11.8 Å². The van der Waals surface area contributed by atoms with Gasteiger partial charge in [-0.15, -0.1) is 0 Å². The van der Waals surface area contributed by atoms with Gasteiger partial charge >= 0.3 is 0 Å². The van der Waals surface area contributed by atoms with Crippen LogP contribution in [0.15, 0.2) is 0 Å². The zero-order chi connectivity index (χ0) is 14.3. The quantitative estimate of drug-likeness (QED) is 0.850. The molecule has 4 nitrogen and oxygen atoms in total. The van der Waals surface area contributed by atoms with E-state index >= 15 is 0 Å². The normalized spacial score (nSPS) is 39.3. The number of rotatable bonds is 4. The summed E-state index contributed by atoms with van der Waals surface area (Å²) < 4.78 is 0. The number of likely N-dealkylation sites (tertiary alicyclic amines) is 1. The number of hydrogen-bond donors (Lipinski definition) is 1. The van der Waals surface area contributed by atoms with Gasteiger partial charge in [0.25, 0.3) is 0 Å². The zero-order valence-corrected chi connectivity index (χ0v) is 12.6. The van der Waals surface area contributed by atoms with E-state index in [1.165, 1.54) is 0 Å². The predicted octanol–water partition coefficient (Wildman–Crippen LogP) is 1.65. The van der Waals surface area contributed by atoms with E-state index in [9.17, 15) is 9.59 Å². The Morgan fingerprint density at radius 1 is 1.15 bits per heavy atom. The summed E-state index contributed by atoms with van der Waals surface area (Å²) in [6.07, 6.45) is 4.31. The molecule has 2 amide bonds. The van der Waals surface area contributed by atoms with Crippen molar-refractivity contribution in [3.05, 3.63) is 0 Å². The van der Waals surface area contributed by atoms with Crippen molar-refractivity contribution in [1.82, 2.24) is 10.2 Å². The molecule has 0 bridgehead atoms. The number of piperidine rings is 1.